The fraction of sp³-hybridized carbons (Fsp3) is 0.154. The first kappa shape index (κ1) is 12.2. The molecule has 4 heteroatoms. The Morgan fingerprint density at radius 3 is 2.35 bits per heavy atom. The van der Waals surface area contributed by atoms with Crippen molar-refractivity contribution >= 4 is 23.2 Å². The Kier molecular flexibility index (Phi) is 3.55. The van der Waals surface area contributed by atoms with Crippen LogP contribution in [0.25, 0.3) is 11.3 Å². The van der Waals surface area contributed by atoms with Crippen molar-refractivity contribution in [1.82, 2.24) is 4.98 Å². The smallest absolute Gasteiger partial charge is 0.122 e. The van der Waals surface area contributed by atoms with Gasteiger partial charge in [-0.1, -0.05) is 29.3 Å². The molecule has 0 aliphatic carbocycles. The molecule has 1 aromatic carbocycles. The first-order valence-corrected chi connectivity index (χ1v) is 5.84. The maximum atomic E-state index is 6.15. The third kappa shape index (κ3) is 2.54. The van der Waals surface area contributed by atoms with Crippen LogP contribution in [0.15, 0.2) is 30.3 Å². The minimum absolute atomic E-state index is 0.581. The third-order valence-corrected chi connectivity index (χ3v) is 3.01. The van der Waals surface area contributed by atoms with Gasteiger partial charge in [0.1, 0.15) is 5.75 Å². The highest BCUT2D eigenvalue weighted by atomic mass is 35.5. The van der Waals surface area contributed by atoms with Gasteiger partial charge in [0.15, 0.2) is 0 Å². The molecule has 0 radical (unpaired) electrons. The second-order valence-corrected chi connectivity index (χ2v) is 4.44. The van der Waals surface area contributed by atoms with Crippen LogP contribution in [-0.2, 0) is 0 Å². The van der Waals surface area contributed by atoms with Gasteiger partial charge >= 0.3 is 0 Å². The van der Waals surface area contributed by atoms with E-state index in [1.165, 1.54) is 0 Å². The van der Waals surface area contributed by atoms with Crippen LogP contribution >= 0.6 is 23.2 Å². The zero-order valence-electron chi connectivity index (χ0n) is 9.50. The topological polar surface area (TPSA) is 22.1 Å². The summed E-state index contributed by atoms with van der Waals surface area (Å²) in [6.45, 7) is 1.90. The molecule has 1 heterocycles. The Labute approximate surface area is 110 Å². The molecule has 0 aliphatic heterocycles. The highest BCUT2D eigenvalue weighted by Crippen LogP contribution is 2.34. The quantitative estimate of drug-likeness (QED) is 0.806. The molecule has 0 unspecified atom stereocenters. The van der Waals surface area contributed by atoms with Crippen molar-refractivity contribution in [1.29, 1.82) is 0 Å². The van der Waals surface area contributed by atoms with E-state index in [1.807, 2.05) is 19.1 Å². The number of halogens is 2. The summed E-state index contributed by atoms with van der Waals surface area (Å²) in [7, 11) is 1.62. The summed E-state index contributed by atoms with van der Waals surface area (Å²) in [5, 5.41) is 1.16. The SMILES string of the molecule is COc1cc(C)nc(-c2c(Cl)cccc2Cl)c1. The number of nitrogens with zero attached hydrogens (tertiary/aromatic N) is 1. The summed E-state index contributed by atoms with van der Waals surface area (Å²) >= 11 is 12.3. The van der Waals surface area contributed by atoms with E-state index in [9.17, 15) is 0 Å². The maximum Gasteiger partial charge on any atom is 0.122 e. The summed E-state index contributed by atoms with van der Waals surface area (Å²) in [6, 6.07) is 9.06. The Morgan fingerprint density at radius 1 is 1.12 bits per heavy atom. The predicted molar refractivity (Wildman–Crippen MR) is 71.0 cm³/mol. The van der Waals surface area contributed by atoms with Gasteiger partial charge in [0.05, 0.1) is 22.8 Å². The summed E-state index contributed by atoms with van der Waals surface area (Å²) in [4.78, 5) is 4.42. The van der Waals surface area contributed by atoms with Gasteiger partial charge in [-0.15, -0.1) is 0 Å². The van der Waals surface area contributed by atoms with E-state index in [0.717, 1.165) is 22.7 Å². The van der Waals surface area contributed by atoms with Crippen molar-refractivity contribution in [3.05, 3.63) is 46.1 Å². The number of rotatable bonds is 2. The van der Waals surface area contributed by atoms with Crippen molar-refractivity contribution in [3.8, 4) is 17.0 Å². The van der Waals surface area contributed by atoms with Gasteiger partial charge in [0, 0.05) is 23.4 Å². The van der Waals surface area contributed by atoms with E-state index in [4.69, 9.17) is 27.9 Å². The molecule has 0 atom stereocenters. The second kappa shape index (κ2) is 4.94. The number of hydrogen-bond acceptors (Lipinski definition) is 2. The van der Waals surface area contributed by atoms with Crippen LogP contribution in [0.4, 0.5) is 0 Å². The summed E-state index contributed by atoms with van der Waals surface area (Å²) in [5.41, 5.74) is 2.31. The standard InChI is InChI=1S/C13H11Cl2NO/c1-8-6-9(17-2)7-12(16-8)13-10(14)4-3-5-11(13)15/h3-7H,1-2H3. The van der Waals surface area contributed by atoms with Crippen LogP contribution in [0.2, 0.25) is 10.0 Å². The average Bonchev–Trinajstić information content (AvgIpc) is 2.28. The Hall–Kier alpha value is -1.25. The molecule has 88 valence electrons. The molecule has 0 N–H and O–H groups in total. The van der Waals surface area contributed by atoms with E-state index >= 15 is 0 Å². The van der Waals surface area contributed by atoms with Gasteiger partial charge in [-0.05, 0) is 19.1 Å². The predicted octanol–water partition coefficient (Wildman–Crippen LogP) is 4.37. The first-order chi connectivity index (χ1) is 8.11. The number of ether oxygens (including phenoxy) is 1. The molecule has 0 aliphatic rings. The van der Waals surface area contributed by atoms with Gasteiger partial charge < -0.3 is 4.74 Å². The van der Waals surface area contributed by atoms with Crippen LogP contribution in [0.3, 0.4) is 0 Å². The number of aryl methyl sites for hydroxylation is 1. The lowest BCUT2D eigenvalue weighted by Gasteiger charge is -2.09. The highest BCUT2D eigenvalue weighted by molar-refractivity contribution is 6.39. The lowest BCUT2D eigenvalue weighted by atomic mass is 10.1. The number of pyridine rings is 1. The monoisotopic (exact) mass is 267 g/mol. The number of hydrogen-bond donors (Lipinski definition) is 0. The van der Waals surface area contributed by atoms with Crippen LogP contribution in [0.5, 0.6) is 5.75 Å². The molecule has 2 rings (SSSR count). The van der Waals surface area contributed by atoms with Crippen LogP contribution in [0.1, 0.15) is 5.69 Å². The third-order valence-electron chi connectivity index (χ3n) is 2.38. The molecule has 17 heavy (non-hydrogen) atoms. The van der Waals surface area contributed by atoms with Crippen molar-refractivity contribution < 1.29 is 4.74 Å². The molecule has 0 saturated heterocycles. The normalized spacial score (nSPS) is 10.4. The molecule has 1 aromatic heterocycles. The van der Waals surface area contributed by atoms with E-state index in [1.54, 1.807) is 25.3 Å². The largest absolute Gasteiger partial charge is 0.497 e. The van der Waals surface area contributed by atoms with Crippen LogP contribution in [0, 0.1) is 6.92 Å². The number of aromatic nitrogens is 1. The van der Waals surface area contributed by atoms with Crippen LogP contribution in [-0.4, -0.2) is 12.1 Å². The van der Waals surface area contributed by atoms with Crippen molar-refractivity contribution in [2.75, 3.05) is 7.11 Å². The van der Waals surface area contributed by atoms with Gasteiger partial charge in [-0.2, -0.15) is 0 Å². The molecular weight excluding hydrogens is 257 g/mol. The molecule has 0 spiro atoms. The van der Waals surface area contributed by atoms with Gasteiger partial charge in [-0.25, -0.2) is 0 Å². The fourth-order valence-electron chi connectivity index (χ4n) is 1.63. The van der Waals surface area contributed by atoms with E-state index in [2.05, 4.69) is 4.98 Å². The average molecular weight is 268 g/mol. The van der Waals surface area contributed by atoms with Crippen molar-refractivity contribution in [2.45, 2.75) is 6.92 Å². The molecule has 0 amide bonds. The number of methoxy groups -OCH3 is 1. The molecule has 2 aromatic rings. The second-order valence-electron chi connectivity index (χ2n) is 3.63. The maximum absolute atomic E-state index is 6.15. The van der Waals surface area contributed by atoms with E-state index in [-0.39, 0.29) is 0 Å². The van der Waals surface area contributed by atoms with Gasteiger partial charge in [0.2, 0.25) is 0 Å². The molecular formula is C13H11Cl2NO. The highest BCUT2D eigenvalue weighted by Gasteiger charge is 2.11. The van der Waals surface area contributed by atoms with Gasteiger partial charge in [-0.3, -0.25) is 4.98 Å². The lowest BCUT2D eigenvalue weighted by molar-refractivity contribution is 0.414. The fourth-order valence-corrected chi connectivity index (χ4v) is 2.22. The Morgan fingerprint density at radius 2 is 1.76 bits per heavy atom. The van der Waals surface area contributed by atoms with Crippen molar-refractivity contribution in [2.24, 2.45) is 0 Å². The number of benzene rings is 1. The van der Waals surface area contributed by atoms with Crippen LogP contribution < -0.4 is 4.74 Å². The summed E-state index contributed by atoms with van der Waals surface area (Å²) < 4.78 is 5.21. The van der Waals surface area contributed by atoms with Gasteiger partial charge in [0.25, 0.3) is 0 Å². The zero-order chi connectivity index (χ0) is 12.4. The summed E-state index contributed by atoms with van der Waals surface area (Å²) in [5.74, 6) is 0.739. The molecule has 0 bridgehead atoms. The molecule has 0 fully saturated rings. The minimum atomic E-state index is 0.581. The van der Waals surface area contributed by atoms with Crippen molar-refractivity contribution in [3.63, 3.8) is 0 Å². The molecule has 0 saturated carbocycles. The minimum Gasteiger partial charge on any atom is -0.497 e. The Balaban J connectivity index is 2.64. The van der Waals surface area contributed by atoms with E-state index in [0.29, 0.717) is 10.0 Å². The lowest BCUT2D eigenvalue weighted by Crippen LogP contribution is -1.92. The Bertz CT molecular complexity index is 535. The van der Waals surface area contributed by atoms with E-state index < -0.39 is 0 Å². The zero-order valence-corrected chi connectivity index (χ0v) is 11.0. The molecule has 2 nitrogen and oxygen atoms in total. The first-order valence-electron chi connectivity index (χ1n) is 5.09. The summed E-state index contributed by atoms with van der Waals surface area (Å²) in [6.07, 6.45) is 0.